The van der Waals surface area contributed by atoms with E-state index >= 15 is 0 Å². The number of aromatic nitrogens is 2. The van der Waals surface area contributed by atoms with Crippen LogP contribution >= 0.6 is 24.8 Å². The molecular formula is C14H30Cl2N4. The summed E-state index contributed by atoms with van der Waals surface area (Å²) in [5, 5.41) is 7.90. The third kappa shape index (κ3) is 6.93. The van der Waals surface area contributed by atoms with Crippen molar-refractivity contribution in [1.29, 1.82) is 0 Å². The van der Waals surface area contributed by atoms with E-state index in [0.717, 1.165) is 39.1 Å². The molecule has 0 aliphatic rings. The highest BCUT2D eigenvalue weighted by Gasteiger charge is 2.07. The van der Waals surface area contributed by atoms with Gasteiger partial charge in [0.25, 0.3) is 0 Å². The Labute approximate surface area is 136 Å². The molecule has 0 spiro atoms. The van der Waals surface area contributed by atoms with Crippen molar-refractivity contribution in [2.75, 3.05) is 26.2 Å². The maximum absolute atomic E-state index is 4.40. The molecule has 120 valence electrons. The maximum Gasteiger partial charge on any atom is 0.0525 e. The van der Waals surface area contributed by atoms with Gasteiger partial charge in [-0.25, -0.2) is 0 Å². The zero-order valence-corrected chi connectivity index (χ0v) is 14.8. The molecule has 1 heterocycles. The summed E-state index contributed by atoms with van der Waals surface area (Å²) in [6.07, 6.45) is 3.02. The molecular weight excluding hydrogens is 295 g/mol. The molecule has 1 rings (SSSR count). The quantitative estimate of drug-likeness (QED) is 0.708. The Hall–Kier alpha value is -0.290. The monoisotopic (exact) mass is 324 g/mol. The Bertz CT molecular complexity index is 327. The lowest BCUT2D eigenvalue weighted by Crippen LogP contribution is -2.32. The van der Waals surface area contributed by atoms with E-state index in [-0.39, 0.29) is 24.8 Å². The third-order valence-electron chi connectivity index (χ3n) is 3.57. The Balaban J connectivity index is 0. The molecule has 0 saturated carbocycles. The molecule has 1 atom stereocenters. The van der Waals surface area contributed by atoms with Gasteiger partial charge in [0.05, 0.1) is 5.69 Å². The van der Waals surface area contributed by atoms with Gasteiger partial charge in [-0.15, -0.1) is 24.8 Å². The fraction of sp³-hybridized carbons (Fsp3) is 0.786. The molecule has 0 amide bonds. The molecule has 1 N–H and O–H groups in total. The van der Waals surface area contributed by atoms with Crippen LogP contribution in [0.25, 0.3) is 0 Å². The standard InChI is InChI=1S/C14H28N4.2ClH/c1-5-13(4)18-14(8-9-16-18)12-15-10-11-17(6-2)7-3;;/h8-9,13,15H,5-7,10-12H2,1-4H3;2*1H. The second-order valence-electron chi connectivity index (χ2n) is 4.73. The van der Waals surface area contributed by atoms with E-state index in [1.165, 1.54) is 5.69 Å². The summed E-state index contributed by atoms with van der Waals surface area (Å²) in [5.74, 6) is 0. The van der Waals surface area contributed by atoms with Gasteiger partial charge in [-0.3, -0.25) is 4.68 Å². The van der Waals surface area contributed by atoms with Crippen LogP contribution in [0.15, 0.2) is 12.3 Å². The first kappa shape index (κ1) is 22.0. The van der Waals surface area contributed by atoms with E-state index in [1.54, 1.807) is 0 Å². The average molecular weight is 325 g/mol. The van der Waals surface area contributed by atoms with Crippen LogP contribution in [0.1, 0.15) is 45.9 Å². The second-order valence-corrected chi connectivity index (χ2v) is 4.73. The first-order chi connectivity index (χ1) is 8.72. The lowest BCUT2D eigenvalue weighted by Gasteiger charge is -2.18. The van der Waals surface area contributed by atoms with Gasteiger partial charge in [0, 0.05) is 31.9 Å². The molecule has 0 radical (unpaired) electrons. The molecule has 1 aromatic rings. The molecule has 1 aromatic heterocycles. The predicted molar refractivity (Wildman–Crippen MR) is 91.2 cm³/mol. The van der Waals surface area contributed by atoms with Crippen molar-refractivity contribution >= 4 is 24.8 Å². The first-order valence-corrected chi connectivity index (χ1v) is 7.18. The zero-order valence-electron chi connectivity index (χ0n) is 13.1. The highest BCUT2D eigenvalue weighted by Crippen LogP contribution is 2.11. The van der Waals surface area contributed by atoms with Gasteiger partial charge in [-0.1, -0.05) is 20.8 Å². The lowest BCUT2D eigenvalue weighted by atomic mass is 10.2. The van der Waals surface area contributed by atoms with Crippen LogP contribution in [0.3, 0.4) is 0 Å². The van der Waals surface area contributed by atoms with Crippen LogP contribution in [0.5, 0.6) is 0 Å². The third-order valence-corrected chi connectivity index (χ3v) is 3.57. The summed E-state index contributed by atoms with van der Waals surface area (Å²) < 4.78 is 2.13. The SMILES string of the molecule is CCC(C)n1nccc1CNCCN(CC)CC.Cl.Cl. The number of nitrogens with one attached hydrogen (secondary N) is 1. The molecule has 0 aliphatic carbocycles. The molecule has 4 nitrogen and oxygen atoms in total. The molecule has 0 fully saturated rings. The van der Waals surface area contributed by atoms with Crippen LogP contribution in [-0.2, 0) is 6.54 Å². The zero-order chi connectivity index (χ0) is 13.4. The van der Waals surface area contributed by atoms with Crippen molar-refractivity contribution in [1.82, 2.24) is 20.0 Å². The normalized spacial score (nSPS) is 11.8. The van der Waals surface area contributed by atoms with Gasteiger partial charge in [0.1, 0.15) is 0 Å². The van der Waals surface area contributed by atoms with Crippen molar-refractivity contribution in [2.45, 2.75) is 46.7 Å². The number of likely N-dealkylation sites (N-methyl/N-ethyl adjacent to an activating group) is 1. The van der Waals surface area contributed by atoms with Gasteiger partial charge in [0.2, 0.25) is 0 Å². The van der Waals surface area contributed by atoms with Crippen molar-refractivity contribution in [3.05, 3.63) is 18.0 Å². The predicted octanol–water partition coefficient (Wildman–Crippen LogP) is 3.13. The fourth-order valence-corrected chi connectivity index (χ4v) is 2.04. The summed E-state index contributed by atoms with van der Waals surface area (Å²) in [6.45, 7) is 14.1. The van der Waals surface area contributed by atoms with Gasteiger partial charge in [-0.05, 0) is 32.5 Å². The van der Waals surface area contributed by atoms with Gasteiger partial charge < -0.3 is 10.2 Å². The minimum Gasteiger partial charge on any atom is -0.310 e. The lowest BCUT2D eigenvalue weighted by molar-refractivity contribution is 0.301. The minimum atomic E-state index is 0. The van der Waals surface area contributed by atoms with Crippen LogP contribution < -0.4 is 5.32 Å². The number of hydrogen-bond acceptors (Lipinski definition) is 3. The molecule has 0 bridgehead atoms. The summed E-state index contributed by atoms with van der Waals surface area (Å²) >= 11 is 0. The average Bonchev–Trinajstić information content (AvgIpc) is 2.86. The summed E-state index contributed by atoms with van der Waals surface area (Å²) in [6, 6.07) is 2.59. The van der Waals surface area contributed by atoms with Gasteiger partial charge in [0.15, 0.2) is 0 Å². The Morgan fingerprint density at radius 2 is 1.90 bits per heavy atom. The van der Waals surface area contributed by atoms with E-state index in [0.29, 0.717) is 6.04 Å². The van der Waals surface area contributed by atoms with E-state index < -0.39 is 0 Å². The highest BCUT2D eigenvalue weighted by atomic mass is 35.5. The number of hydrogen-bond donors (Lipinski definition) is 1. The second kappa shape index (κ2) is 12.5. The summed E-state index contributed by atoms with van der Waals surface area (Å²) in [5.41, 5.74) is 1.28. The molecule has 0 aromatic carbocycles. The first-order valence-electron chi connectivity index (χ1n) is 7.18. The fourth-order valence-electron chi connectivity index (χ4n) is 2.04. The largest absolute Gasteiger partial charge is 0.310 e. The van der Waals surface area contributed by atoms with Gasteiger partial charge in [-0.2, -0.15) is 5.10 Å². The van der Waals surface area contributed by atoms with E-state index in [2.05, 4.69) is 53.8 Å². The minimum absolute atomic E-state index is 0. The summed E-state index contributed by atoms with van der Waals surface area (Å²) in [4.78, 5) is 2.43. The summed E-state index contributed by atoms with van der Waals surface area (Å²) in [7, 11) is 0. The molecule has 0 saturated heterocycles. The smallest absolute Gasteiger partial charge is 0.0525 e. The van der Waals surface area contributed by atoms with Crippen molar-refractivity contribution in [2.24, 2.45) is 0 Å². The Morgan fingerprint density at radius 1 is 1.25 bits per heavy atom. The van der Waals surface area contributed by atoms with Crippen molar-refractivity contribution in [3.8, 4) is 0 Å². The van der Waals surface area contributed by atoms with E-state index in [4.69, 9.17) is 0 Å². The number of rotatable bonds is 9. The Kier molecular flexibility index (Phi) is 13.7. The van der Waals surface area contributed by atoms with Crippen LogP contribution in [0.2, 0.25) is 0 Å². The van der Waals surface area contributed by atoms with Crippen LogP contribution in [0.4, 0.5) is 0 Å². The maximum atomic E-state index is 4.40. The van der Waals surface area contributed by atoms with Crippen molar-refractivity contribution in [3.63, 3.8) is 0 Å². The Morgan fingerprint density at radius 3 is 2.45 bits per heavy atom. The van der Waals surface area contributed by atoms with E-state index in [1.807, 2.05) is 6.20 Å². The number of halogens is 2. The van der Waals surface area contributed by atoms with E-state index in [9.17, 15) is 0 Å². The van der Waals surface area contributed by atoms with Crippen molar-refractivity contribution < 1.29 is 0 Å². The molecule has 6 heteroatoms. The molecule has 1 unspecified atom stereocenters. The van der Waals surface area contributed by atoms with Crippen LogP contribution in [-0.4, -0.2) is 40.9 Å². The van der Waals surface area contributed by atoms with Crippen LogP contribution in [0, 0.1) is 0 Å². The number of nitrogens with zero attached hydrogens (tertiary/aromatic N) is 3. The molecule has 0 aliphatic heterocycles. The topological polar surface area (TPSA) is 33.1 Å². The highest BCUT2D eigenvalue weighted by molar-refractivity contribution is 5.85. The molecule has 20 heavy (non-hydrogen) atoms. The van der Waals surface area contributed by atoms with Gasteiger partial charge >= 0.3 is 0 Å².